The Morgan fingerprint density at radius 2 is 1.82 bits per heavy atom. The highest BCUT2D eigenvalue weighted by Crippen LogP contribution is 2.27. The van der Waals surface area contributed by atoms with E-state index in [9.17, 15) is 0 Å². The molecule has 0 aliphatic carbocycles. The first kappa shape index (κ1) is 14.0. The lowest BCUT2D eigenvalue weighted by Gasteiger charge is -2.29. The zero-order valence-electron chi connectivity index (χ0n) is 11.6. The summed E-state index contributed by atoms with van der Waals surface area (Å²) in [6.45, 7) is 11.0. The van der Waals surface area contributed by atoms with E-state index in [0.717, 1.165) is 19.5 Å². The van der Waals surface area contributed by atoms with Gasteiger partial charge in [-0.3, -0.25) is 0 Å². The minimum Gasteiger partial charge on any atom is -0.371 e. The molecule has 0 amide bonds. The van der Waals surface area contributed by atoms with E-state index in [4.69, 9.17) is 5.73 Å². The molecule has 2 nitrogen and oxygen atoms in total. The molecule has 0 saturated carbocycles. The van der Waals surface area contributed by atoms with E-state index in [2.05, 4.69) is 56.9 Å². The largest absolute Gasteiger partial charge is 0.371 e. The van der Waals surface area contributed by atoms with Crippen LogP contribution in [0.1, 0.15) is 45.7 Å². The number of rotatable bonds is 6. The molecule has 1 unspecified atom stereocenters. The van der Waals surface area contributed by atoms with Gasteiger partial charge >= 0.3 is 0 Å². The smallest absolute Gasteiger partial charge is 0.0414 e. The second-order valence-electron chi connectivity index (χ2n) is 5.01. The molecule has 0 bridgehead atoms. The second-order valence-corrected chi connectivity index (χ2v) is 5.01. The Labute approximate surface area is 106 Å². The SMILES string of the molecule is CCC(N)c1ccccc1N(CC)CC(C)C. The minimum absolute atomic E-state index is 0.146. The molecule has 0 radical (unpaired) electrons. The first-order valence-electron chi connectivity index (χ1n) is 6.69. The summed E-state index contributed by atoms with van der Waals surface area (Å²) >= 11 is 0. The summed E-state index contributed by atoms with van der Waals surface area (Å²) in [4.78, 5) is 2.43. The van der Waals surface area contributed by atoms with Gasteiger partial charge in [0.25, 0.3) is 0 Å². The van der Waals surface area contributed by atoms with Crippen LogP contribution in [0.3, 0.4) is 0 Å². The van der Waals surface area contributed by atoms with Crippen LogP contribution in [0, 0.1) is 5.92 Å². The van der Waals surface area contributed by atoms with Crippen LogP contribution < -0.4 is 10.6 Å². The van der Waals surface area contributed by atoms with Crippen molar-refractivity contribution in [3.63, 3.8) is 0 Å². The van der Waals surface area contributed by atoms with Crippen molar-refractivity contribution in [2.75, 3.05) is 18.0 Å². The zero-order chi connectivity index (χ0) is 12.8. The summed E-state index contributed by atoms with van der Waals surface area (Å²) < 4.78 is 0. The molecular formula is C15H26N2. The van der Waals surface area contributed by atoms with Gasteiger partial charge in [0, 0.05) is 24.8 Å². The molecule has 1 atom stereocenters. The number of hydrogen-bond donors (Lipinski definition) is 1. The van der Waals surface area contributed by atoms with Crippen LogP contribution in [0.15, 0.2) is 24.3 Å². The molecule has 0 spiro atoms. The minimum atomic E-state index is 0.146. The Hall–Kier alpha value is -1.02. The molecule has 2 N–H and O–H groups in total. The standard InChI is InChI=1S/C15H26N2/c1-5-14(16)13-9-7-8-10-15(13)17(6-2)11-12(3)4/h7-10,12,14H,5-6,11,16H2,1-4H3. The number of benzene rings is 1. The maximum atomic E-state index is 6.19. The first-order chi connectivity index (χ1) is 8.10. The van der Waals surface area contributed by atoms with Crippen molar-refractivity contribution in [1.82, 2.24) is 0 Å². The van der Waals surface area contributed by atoms with E-state index in [0.29, 0.717) is 5.92 Å². The highest BCUT2D eigenvalue weighted by molar-refractivity contribution is 5.55. The van der Waals surface area contributed by atoms with Gasteiger partial charge in [0.2, 0.25) is 0 Å². The lowest BCUT2D eigenvalue weighted by molar-refractivity contribution is 0.612. The van der Waals surface area contributed by atoms with Gasteiger partial charge in [-0.25, -0.2) is 0 Å². The van der Waals surface area contributed by atoms with Crippen LogP contribution in [0.5, 0.6) is 0 Å². The van der Waals surface area contributed by atoms with E-state index in [1.165, 1.54) is 11.3 Å². The Kier molecular flexibility index (Phi) is 5.49. The van der Waals surface area contributed by atoms with Crippen molar-refractivity contribution >= 4 is 5.69 Å². The topological polar surface area (TPSA) is 29.3 Å². The molecule has 0 aliphatic heterocycles. The molecule has 0 aromatic heterocycles. The Balaban J connectivity index is 3.01. The Morgan fingerprint density at radius 3 is 2.35 bits per heavy atom. The van der Waals surface area contributed by atoms with Crippen LogP contribution in [-0.2, 0) is 0 Å². The van der Waals surface area contributed by atoms with Crippen molar-refractivity contribution in [3.05, 3.63) is 29.8 Å². The van der Waals surface area contributed by atoms with E-state index in [1.807, 2.05) is 0 Å². The summed E-state index contributed by atoms with van der Waals surface area (Å²) in [6, 6.07) is 8.68. The lowest BCUT2D eigenvalue weighted by Crippen LogP contribution is -2.29. The molecule has 1 rings (SSSR count). The van der Waals surface area contributed by atoms with Crippen molar-refractivity contribution in [3.8, 4) is 0 Å². The van der Waals surface area contributed by atoms with Crippen molar-refractivity contribution < 1.29 is 0 Å². The molecule has 96 valence electrons. The molecule has 0 saturated heterocycles. The third-order valence-corrected chi connectivity index (χ3v) is 3.08. The maximum Gasteiger partial charge on any atom is 0.0414 e. The van der Waals surface area contributed by atoms with Gasteiger partial charge in [-0.15, -0.1) is 0 Å². The van der Waals surface area contributed by atoms with Crippen molar-refractivity contribution in [2.45, 2.75) is 40.2 Å². The van der Waals surface area contributed by atoms with Crippen molar-refractivity contribution in [1.29, 1.82) is 0 Å². The number of nitrogens with two attached hydrogens (primary N) is 1. The lowest BCUT2D eigenvalue weighted by atomic mass is 10.0. The fourth-order valence-corrected chi connectivity index (χ4v) is 2.15. The van der Waals surface area contributed by atoms with Gasteiger partial charge in [-0.1, -0.05) is 39.0 Å². The molecule has 1 aromatic carbocycles. The highest BCUT2D eigenvalue weighted by atomic mass is 15.1. The third kappa shape index (κ3) is 3.74. The molecular weight excluding hydrogens is 208 g/mol. The number of para-hydroxylation sites is 1. The van der Waals surface area contributed by atoms with Crippen LogP contribution in [-0.4, -0.2) is 13.1 Å². The van der Waals surface area contributed by atoms with Gasteiger partial charge in [0.1, 0.15) is 0 Å². The average Bonchev–Trinajstić information content (AvgIpc) is 2.34. The van der Waals surface area contributed by atoms with E-state index in [-0.39, 0.29) is 6.04 Å². The Bertz CT molecular complexity index is 333. The average molecular weight is 234 g/mol. The van der Waals surface area contributed by atoms with Gasteiger partial charge in [-0.2, -0.15) is 0 Å². The first-order valence-corrected chi connectivity index (χ1v) is 6.69. The van der Waals surface area contributed by atoms with Gasteiger partial charge < -0.3 is 10.6 Å². The summed E-state index contributed by atoms with van der Waals surface area (Å²) in [7, 11) is 0. The fraction of sp³-hybridized carbons (Fsp3) is 0.600. The molecule has 17 heavy (non-hydrogen) atoms. The summed E-state index contributed by atoms with van der Waals surface area (Å²) in [5.74, 6) is 0.667. The van der Waals surface area contributed by atoms with Crippen molar-refractivity contribution in [2.24, 2.45) is 11.7 Å². The predicted molar refractivity (Wildman–Crippen MR) is 76.4 cm³/mol. The summed E-state index contributed by atoms with van der Waals surface area (Å²) in [5.41, 5.74) is 8.77. The quantitative estimate of drug-likeness (QED) is 0.815. The monoisotopic (exact) mass is 234 g/mol. The molecule has 0 aliphatic rings. The normalized spacial score (nSPS) is 12.8. The summed E-state index contributed by atoms with van der Waals surface area (Å²) in [5, 5.41) is 0. The number of hydrogen-bond acceptors (Lipinski definition) is 2. The van der Waals surface area contributed by atoms with E-state index >= 15 is 0 Å². The van der Waals surface area contributed by atoms with Gasteiger partial charge in [0.05, 0.1) is 0 Å². The Morgan fingerprint density at radius 1 is 1.18 bits per heavy atom. The molecule has 0 heterocycles. The third-order valence-electron chi connectivity index (χ3n) is 3.08. The molecule has 0 fully saturated rings. The molecule has 2 heteroatoms. The van der Waals surface area contributed by atoms with Gasteiger partial charge in [0.15, 0.2) is 0 Å². The number of nitrogens with zero attached hydrogens (tertiary/aromatic N) is 1. The molecule has 1 aromatic rings. The van der Waals surface area contributed by atoms with Crippen LogP contribution in [0.4, 0.5) is 5.69 Å². The van der Waals surface area contributed by atoms with Crippen LogP contribution in [0.2, 0.25) is 0 Å². The maximum absolute atomic E-state index is 6.19. The predicted octanol–water partition coefficient (Wildman–Crippen LogP) is 3.58. The number of anilines is 1. The van der Waals surface area contributed by atoms with E-state index < -0.39 is 0 Å². The van der Waals surface area contributed by atoms with E-state index in [1.54, 1.807) is 0 Å². The van der Waals surface area contributed by atoms with Crippen LogP contribution in [0.25, 0.3) is 0 Å². The summed E-state index contributed by atoms with van der Waals surface area (Å²) in [6.07, 6.45) is 0.982. The van der Waals surface area contributed by atoms with Crippen LogP contribution >= 0.6 is 0 Å². The van der Waals surface area contributed by atoms with Gasteiger partial charge in [-0.05, 0) is 30.9 Å². The fourth-order valence-electron chi connectivity index (χ4n) is 2.15. The second kappa shape index (κ2) is 6.65. The highest BCUT2D eigenvalue weighted by Gasteiger charge is 2.14. The zero-order valence-corrected chi connectivity index (χ0v) is 11.6.